The molecule has 2 heterocycles. The van der Waals surface area contributed by atoms with Crippen LogP contribution < -0.4 is 21.7 Å². The molecule has 0 aliphatic carbocycles. The topological polar surface area (TPSA) is 146 Å². The van der Waals surface area contributed by atoms with Crippen molar-refractivity contribution >= 4 is 23.2 Å². The predicted octanol–water partition coefficient (Wildman–Crippen LogP) is 3.52. The smallest absolute Gasteiger partial charge is 0.271 e. The van der Waals surface area contributed by atoms with Crippen molar-refractivity contribution in [1.82, 2.24) is 15.6 Å². The lowest BCUT2D eigenvalue weighted by Gasteiger charge is -2.15. The number of furan rings is 1. The first-order valence-electron chi connectivity index (χ1n) is 10.7. The van der Waals surface area contributed by atoms with E-state index in [-0.39, 0.29) is 24.8 Å². The number of anilines is 2. The van der Waals surface area contributed by atoms with Crippen molar-refractivity contribution in [2.75, 3.05) is 17.7 Å². The van der Waals surface area contributed by atoms with Crippen molar-refractivity contribution in [1.29, 1.82) is 5.26 Å². The highest BCUT2D eigenvalue weighted by molar-refractivity contribution is 6.02. The van der Waals surface area contributed by atoms with Gasteiger partial charge in [-0.3, -0.25) is 9.59 Å². The molecule has 0 spiro atoms. The number of pyridine rings is 1. The second-order valence-corrected chi connectivity index (χ2v) is 7.49. The zero-order valence-electron chi connectivity index (χ0n) is 18.6. The lowest BCUT2D eigenvalue weighted by Crippen LogP contribution is -2.31. The number of nitrogen functional groups attached to an aromatic ring is 1. The molecule has 4 aromatic rings. The number of carbonyl (C=O) groups excluding carboxylic acids is 2. The molecule has 174 valence electrons. The van der Waals surface area contributed by atoms with Crippen LogP contribution in [0.15, 0.2) is 83.5 Å². The Morgan fingerprint density at radius 2 is 1.80 bits per heavy atom. The van der Waals surface area contributed by atoms with E-state index in [0.29, 0.717) is 34.0 Å². The minimum absolute atomic E-state index is 0.0152. The summed E-state index contributed by atoms with van der Waals surface area (Å²) < 4.78 is 5.23. The maximum absolute atomic E-state index is 12.7. The van der Waals surface area contributed by atoms with E-state index in [1.807, 2.05) is 6.07 Å². The SMILES string of the molecule is N#Cc1cccc(-c2cccc(C(=O)NCNc3c(N)cccc3C(=O)NCc3ccco3)n2)c1. The number of aromatic nitrogens is 1. The van der Waals surface area contributed by atoms with Crippen LogP contribution in [0.25, 0.3) is 11.3 Å². The number of benzene rings is 2. The molecule has 2 aromatic heterocycles. The molecule has 5 N–H and O–H groups in total. The van der Waals surface area contributed by atoms with Gasteiger partial charge in [0.25, 0.3) is 11.8 Å². The van der Waals surface area contributed by atoms with E-state index in [2.05, 4.69) is 27.0 Å². The molecule has 0 aliphatic rings. The Labute approximate surface area is 201 Å². The summed E-state index contributed by atoms with van der Waals surface area (Å²) in [6, 6.07) is 22.7. The van der Waals surface area contributed by atoms with E-state index in [9.17, 15) is 9.59 Å². The molecule has 9 heteroatoms. The fraction of sp³-hybridized carbons (Fsp3) is 0.0769. The monoisotopic (exact) mass is 466 g/mol. The third-order valence-corrected chi connectivity index (χ3v) is 5.13. The second-order valence-electron chi connectivity index (χ2n) is 7.49. The number of nitrogens with zero attached hydrogens (tertiary/aromatic N) is 2. The quantitative estimate of drug-likeness (QED) is 0.229. The molecule has 0 aliphatic heterocycles. The van der Waals surface area contributed by atoms with Gasteiger partial charge in [0.1, 0.15) is 11.5 Å². The summed E-state index contributed by atoms with van der Waals surface area (Å²) in [4.78, 5) is 29.8. The fourth-order valence-corrected chi connectivity index (χ4v) is 3.41. The van der Waals surface area contributed by atoms with Gasteiger partial charge in [-0.25, -0.2) is 4.98 Å². The van der Waals surface area contributed by atoms with Crippen LogP contribution in [0.5, 0.6) is 0 Å². The van der Waals surface area contributed by atoms with Gasteiger partial charge in [0.05, 0.1) is 53.7 Å². The Kier molecular flexibility index (Phi) is 7.04. The summed E-state index contributed by atoms with van der Waals surface area (Å²) in [5.74, 6) is -0.122. The summed E-state index contributed by atoms with van der Waals surface area (Å²) in [5.41, 5.74) is 9.21. The number of nitriles is 1. The van der Waals surface area contributed by atoms with Gasteiger partial charge in [0, 0.05) is 5.56 Å². The highest BCUT2D eigenvalue weighted by Gasteiger charge is 2.15. The molecular formula is C26H22N6O3. The maximum Gasteiger partial charge on any atom is 0.271 e. The van der Waals surface area contributed by atoms with Gasteiger partial charge >= 0.3 is 0 Å². The van der Waals surface area contributed by atoms with Crippen LogP contribution in [0.3, 0.4) is 0 Å². The van der Waals surface area contributed by atoms with Gasteiger partial charge in [-0.05, 0) is 48.5 Å². The number of nitrogens with one attached hydrogen (secondary N) is 3. The van der Waals surface area contributed by atoms with Crippen LogP contribution >= 0.6 is 0 Å². The number of para-hydroxylation sites is 1. The molecule has 0 unspecified atom stereocenters. The van der Waals surface area contributed by atoms with Crippen molar-refractivity contribution in [3.63, 3.8) is 0 Å². The molecule has 0 atom stereocenters. The first-order chi connectivity index (χ1) is 17.0. The molecule has 2 amide bonds. The first-order valence-corrected chi connectivity index (χ1v) is 10.7. The molecule has 0 saturated carbocycles. The lowest BCUT2D eigenvalue weighted by molar-refractivity contribution is 0.0944. The van der Waals surface area contributed by atoms with Crippen LogP contribution in [0.1, 0.15) is 32.2 Å². The summed E-state index contributed by atoms with van der Waals surface area (Å²) in [6.07, 6.45) is 1.53. The van der Waals surface area contributed by atoms with E-state index < -0.39 is 5.91 Å². The highest BCUT2D eigenvalue weighted by atomic mass is 16.3. The van der Waals surface area contributed by atoms with Crippen LogP contribution in [0, 0.1) is 11.3 Å². The summed E-state index contributed by atoms with van der Waals surface area (Å²) >= 11 is 0. The van der Waals surface area contributed by atoms with Gasteiger partial charge in [0.2, 0.25) is 0 Å². The Morgan fingerprint density at radius 1 is 0.971 bits per heavy atom. The van der Waals surface area contributed by atoms with Crippen molar-refractivity contribution in [3.05, 3.63) is 102 Å². The number of hydrogen-bond donors (Lipinski definition) is 4. The zero-order chi connectivity index (χ0) is 24.6. The normalized spacial score (nSPS) is 10.3. The van der Waals surface area contributed by atoms with Crippen molar-refractivity contribution in [2.45, 2.75) is 6.54 Å². The number of hydrogen-bond acceptors (Lipinski definition) is 7. The van der Waals surface area contributed by atoms with Gasteiger partial charge in [-0.2, -0.15) is 5.26 Å². The molecular weight excluding hydrogens is 444 g/mol. The lowest BCUT2D eigenvalue weighted by atomic mass is 10.1. The van der Waals surface area contributed by atoms with Crippen LogP contribution in [0.4, 0.5) is 11.4 Å². The Hall–Kier alpha value is -5.10. The minimum Gasteiger partial charge on any atom is -0.467 e. The van der Waals surface area contributed by atoms with Gasteiger partial charge in [-0.1, -0.05) is 24.3 Å². The number of rotatable bonds is 8. The van der Waals surface area contributed by atoms with E-state index in [1.165, 1.54) is 6.26 Å². The minimum atomic E-state index is -0.408. The average molecular weight is 467 g/mol. The maximum atomic E-state index is 12.7. The van der Waals surface area contributed by atoms with Crippen molar-refractivity contribution in [2.24, 2.45) is 0 Å². The Bertz CT molecular complexity index is 1390. The van der Waals surface area contributed by atoms with E-state index in [0.717, 1.165) is 5.56 Å². The third-order valence-electron chi connectivity index (χ3n) is 5.13. The van der Waals surface area contributed by atoms with E-state index in [4.69, 9.17) is 15.4 Å². The Balaban J connectivity index is 1.41. The van der Waals surface area contributed by atoms with Crippen molar-refractivity contribution in [3.8, 4) is 17.3 Å². The number of nitrogens with two attached hydrogens (primary N) is 1. The van der Waals surface area contributed by atoms with Crippen LogP contribution in [0.2, 0.25) is 0 Å². The number of amides is 2. The number of carbonyl (C=O) groups is 2. The predicted molar refractivity (Wildman–Crippen MR) is 131 cm³/mol. The molecule has 2 aromatic carbocycles. The van der Waals surface area contributed by atoms with E-state index in [1.54, 1.807) is 66.7 Å². The fourth-order valence-electron chi connectivity index (χ4n) is 3.41. The molecule has 0 fully saturated rings. The zero-order valence-corrected chi connectivity index (χ0v) is 18.6. The van der Waals surface area contributed by atoms with E-state index >= 15 is 0 Å². The Morgan fingerprint density at radius 3 is 2.60 bits per heavy atom. The molecule has 9 nitrogen and oxygen atoms in total. The molecule has 0 radical (unpaired) electrons. The second kappa shape index (κ2) is 10.7. The first kappa shape index (κ1) is 23.1. The molecule has 4 rings (SSSR count). The summed E-state index contributed by atoms with van der Waals surface area (Å²) in [5, 5.41) is 17.6. The molecule has 0 saturated heterocycles. The summed E-state index contributed by atoms with van der Waals surface area (Å²) in [6.45, 7) is 0.247. The average Bonchev–Trinajstić information content (AvgIpc) is 3.42. The van der Waals surface area contributed by atoms with Gasteiger partial charge in [-0.15, -0.1) is 0 Å². The largest absolute Gasteiger partial charge is 0.467 e. The van der Waals surface area contributed by atoms with Gasteiger partial charge in [0.15, 0.2) is 0 Å². The van der Waals surface area contributed by atoms with Crippen LogP contribution in [-0.4, -0.2) is 23.5 Å². The van der Waals surface area contributed by atoms with Gasteiger partial charge < -0.3 is 26.1 Å². The summed E-state index contributed by atoms with van der Waals surface area (Å²) in [7, 11) is 0. The molecule has 35 heavy (non-hydrogen) atoms. The highest BCUT2D eigenvalue weighted by Crippen LogP contribution is 2.23. The standard InChI is InChI=1S/C26H22N6O3/c27-14-17-5-1-6-18(13-17)22-10-3-11-23(32-22)26(34)31-16-30-24-20(8-2-9-21(24)28)25(33)29-15-19-7-4-12-35-19/h1-13,30H,15-16,28H2,(H,29,33)(H,31,34). The van der Waals surface area contributed by atoms with Crippen molar-refractivity contribution < 1.29 is 14.0 Å². The molecule has 0 bridgehead atoms. The van der Waals surface area contributed by atoms with Crippen LogP contribution in [-0.2, 0) is 6.54 Å². The third kappa shape index (κ3) is 5.64.